The molecule has 96 valence electrons. The van der Waals surface area contributed by atoms with Gasteiger partial charge in [0, 0.05) is 22.8 Å². The van der Waals surface area contributed by atoms with E-state index in [2.05, 4.69) is 10.3 Å². The Morgan fingerprint density at radius 2 is 2.28 bits per heavy atom. The number of anilines is 2. The van der Waals surface area contributed by atoms with Crippen LogP contribution in [0.2, 0.25) is 0 Å². The lowest BCUT2D eigenvalue weighted by atomic mass is 10.2. The average Bonchev–Trinajstić information content (AvgIpc) is 2.76. The molecule has 1 aromatic carbocycles. The fourth-order valence-corrected chi connectivity index (χ4v) is 2.34. The molecule has 0 amide bonds. The van der Waals surface area contributed by atoms with Crippen LogP contribution in [0.3, 0.4) is 0 Å². The zero-order valence-electron chi connectivity index (χ0n) is 10.6. The molecule has 1 aromatic heterocycles. The van der Waals surface area contributed by atoms with Crippen LogP contribution in [0.15, 0.2) is 24.4 Å². The molecule has 2 rings (SSSR count). The summed E-state index contributed by atoms with van der Waals surface area (Å²) >= 11 is 1.70. The van der Waals surface area contributed by atoms with Gasteiger partial charge in [0.05, 0.1) is 23.8 Å². The normalized spacial score (nSPS) is 10.3. The van der Waals surface area contributed by atoms with E-state index in [1.807, 2.05) is 38.2 Å². The molecule has 2 aromatic rings. The second-order valence-corrected chi connectivity index (χ2v) is 5.20. The Hall–Kier alpha value is -1.75. The lowest BCUT2D eigenvalue weighted by molar-refractivity contribution is 0.342. The Labute approximate surface area is 111 Å². The van der Waals surface area contributed by atoms with Crippen molar-refractivity contribution in [3.8, 4) is 5.75 Å². The third kappa shape index (κ3) is 3.13. The highest BCUT2D eigenvalue weighted by Gasteiger charge is 2.03. The summed E-state index contributed by atoms with van der Waals surface area (Å²) in [5.41, 5.74) is 7.49. The number of aromatic nitrogens is 1. The summed E-state index contributed by atoms with van der Waals surface area (Å²) in [5, 5.41) is 4.42. The first kappa shape index (κ1) is 12.7. The summed E-state index contributed by atoms with van der Waals surface area (Å²) in [6.07, 6.45) is 1.90. The van der Waals surface area contributed by atoms with E-state index in [1.54, 1.807) is 11.3 Å². The standard InChI is InChI=1S/C13H17N3OS/c1-3-17-13-6-10(4-5-12(13)14)16-8-11-7-15-9(2)18-11/h4-7,16H,3,8,14H2,1-2H3. The highest BCUT2D eigenvalue weighted by atomic mass is 32.1. The molecular weight excluding hydrogens is 246 g/mol. The number of nitrogens with one attached hydrogen (secondary N) is 1. The Morgan fingerprint density at radius 1 is 1.44 bits per heavy atom. The Kier molecular flexibility index (Phi) is 4.04. The van der Waals surface area contributed by atoms with E-state index in [1.165, 1.54) is 4.88 Å². The smallest absolute Gasteiger partial charge is 0.144 e. The molecule has 3 N–H and O–H groups in total. The van der Waals surface area contributed by atoms with Crippen LogP contribution in [-0.4, -0.2) is 11.6 Å². The summed E-state index contributed by atoms with van der Waals surface area (Å²) in [7, 11) is 0. The number of ether oxygens (including phenoxy) is 1. The minimum atomic E-state index is 0.613. The van der Waals surface area contributed by atoms with E-state index in [-0.39, 0.29) is 0 Å². The van der Waals surface area contributed by atoms with Crippen molar-refractivity contribution in [3.05, 3.63) is 34.3 Å². The van der Waals surface area contributed by atoms with Crippen LogP contribution < -0.4 is 15.8 Å². The van der Waals surface area contributed by atoms with E-state index in [0.717, 1.165) is 23.0 Å². The topological polar surface area (TPSA) is 60.2 Å². The molecule has 0 fully saturated rings. The van der Waals surface area contributed by atoms with Gasteiger partial charge >= 0.3 is 0 Å². The molecule has 1 heterocycles. The Balaban J connectivity index is 2.03. The van der Waals surface area contributed by atoms with Crippen LogP contribution in [0, 0.1) is 6.92 Å². The first-order valence-electron chi connectivity index (χ1n) is 5.86. The number of hydrogen-bond acceptors (Lipinski definition) is 5. The summed E-state index contributed by atoms with van der Waals surface area (Å²) in [5.74, 6) is 0.725. The molecule has 0 radical (unpaired) electrons. The summed E-state index contributed by atoms with van der Waals surface area (Å²) in [6.45, 7) is 5.33. The van der Waals surface area contributed by atoms with E-state index < -0.39 is 0 Å². The number of nitrogens with two attached hydrogens (primary N) is 1. The molecule has 0 aliphatic heterocycles. The third-order valence-electron chi connectivity index (χ3n) is 2.45. The van der Waals surface area contributed by atoms with Gasteiger partial charge in [-0.2, -0.15) is 0 Å². The van der Waals surface area contributed by atoms with Gasteiger partial charge in [-0.25, -0.2) is 4.98 Å². The van der Waals surface area contributed by atoms with Gasteiger partial charge in [0.25, 0.3) is 0 Å². The summed E-state index contributed by atoms with van der Waals surface area (Å²) in [4.78, 5) is 5.43. The molecule has 0 spiro atoms. The predicted molar refractivity (Wildman–Crippen MR) is 76.2 cm³/mol. The molecule has 0 unspecified atom stereocenters. The second-order valence-electron chi connectivity index (χ2n) is 3.88. The fourth-order valence-electron chi connectivity index (χ4n) is 1.60. The van der Waals surface area contributed by atoms with Gasteiger partial charge < -0.3 is 15.8 Å². The zero-order valence-corrected chi connectivity index (χ0v) is 11.4. The number of aryl methyl sites for hydroxylation is 1. The maximum Gasteiger partial charge on any atom is 0.144 e. The van der Waals surface area contributed by atoms with Crippen molar-refractivity contribution >= 4 is 22.7 Å². The number of thiazole rings is 1. The maximum absolute atomic E-state index is 5.83. The first-order chi connectivity index (χ1) is 8.69. The molecule has 0 aliphatic rings. The number of nitrogen functional groups attached to an aromatic ring is 1. The summed E-state index contributed by atoms with van der Waals surface area (Å²) < 4.78 is 5.46. The van der Waals surface area contributed by atoms with Crippen LogP contribution in [0.25, 0.3) is 0 Å². The van der Waals surface area contributed by atoms with Gasteiger partial charge in [0.2, 0.25) is 0 Å². The van der Waals surface area contributed by atoms with Gasteiger partial charge in [0.15, 0.2) is 0 Å². The minimum Gasteiger partial charge on any atom is -0.492 e. The lowest BCUT2D eigenvalue weighted by Crippen LogP contribution is -2.01. The van der Waals surface area contributed by atoms with Crippen LogP contribution in [0.4, 0.5) is 11.4 Å². The molecule has 18 heavy (non-hydrogen) atoms. The molecule has 0 saturated heterocycles. The van der Waals surface area contributed by atoms with Crippen molar-refractivity contribution in [2.24, 2.45) is 0 Å². The van der Waals surface area contributed by atoms with Gasteiger partial charge in [-0.15, -0.1) is 11.3 Å². The number of benzene rings is 1. The van der Waals surface area contributed by atoms with E-state index >= 15 is 0 Å². The van der Waals surface area contributed by atoms with Crippen molar-refractivity contribution in [3.63, 3.8) is 0 Å². The van der Waals surface area contributed by atoms with Gasteiger partial charge in [-0.1, -0.05) is 0 Å². The van der Waals surface area contributed by atoms with Crippen LogP contribution in [0.5, 0.6) is 5.75 Å². The zero-order chi connectivity index (χ0) is 13.0. The molecule has 0 aliphatic carbocycles. The molecule has 5 heteroatoms. The maximum atomic E-state index is 5.83. The third-order valence-corrected chi connectivity index (χ3v) is 3.36. The van der Waals surface area contributed by atoms with Crippen LogP contribution in [-0.2, 0) is 6.54 Å². The second kappa shape index (κ2) is 5.73. The van der Waals surface area contributed by atoms with Gasteiger partial charge in [-0.05, 0) is 26.0 Å². The minimum absolute atomic E-state index is 0.613. The largest absolute Gasteiger partial charge is 0.492 e. The fraction of sp³-hybridized carbons (Fsp3) is 0.308. The van der Waals surface area contributed by atoms with Gasteiger partial charge in [-0.3, -0.25) is 0 Å². The van der Waals surface area contributed by atoms with Crippen molar-refractivity contribution < 1.29 is 4.74 Å². The molecule has 0 bridgehead atoms. The Bertz CT molecular complexity index is 525. The van der Waals surface area contributed by atoms with E-state index in [4.69, 9.17) is 10.5 Å². The molecular formula is C13H17N3OS. The number of rotatable bonds is 5. The summed E-state index contributed by atoms with van der Waals surface area (Å²) in [6, 6.07) is 5.73. The molecule has 0 saturated carbocycles. The predicted octanol–water partition coefficient (Wildman–Crippen LogP) is 3.04. The average molecular weight is 263 g/mol. The van der Waals surface area contributed by atoms with E-state index in [9.17, 15) is 0 Å². The van der Waals surface area contributed by atoms with Crippen LogP contribution in [0.1, 0.15) is 16.8 Å². The highest BCUT2D eigenvalue weighted by molar-refractivity contribution is 7.11. The monoisotopic (exact) mass is 263 g/mol. The highest BCUT2D eigenvalue weighted by Crippen LogP contribution is 2.26. The number of nitrogens with zero attached hydrogens (tertiary/aromatic N) is 1. The SMILES string of the molecule is CCOc1cc(NCc2cnc(C)s2)ccc1N. The number of hydrogen-bond donors (Lipinski definition) is 2. The van der Waals surface area contributed by atoms with Crippen molar-refractivity contribution in [1.29, 1.82) is 0 Å². The van der Waals surface area contributed by atoms with Gasteiger partial charge in [0.1, 0.15) is 5.75 Å². The van der Waals surface area contributed by atoms with Crippen molar-refractivity contribution in [2.75, 3.05) is 17.7 Å². The molecule has 4 nitrogen and oxygen atoms in total. The van der Waals surface area contributed by atoms with Crippen LogP contribution >= 0.6 is 11.3 Å². The lowest BCUT2D eigenvalue weighted by Gasteiger charge is -2.10. The van der Waals surface area contributed by atoms with Crippen molar-refractivity contribution in [2.45, 2.75) is 20.4 Å². The quantitative estimate of drug-likeness (QED) is 0.814. The molecule has 0 atom stereocenters. The first-order valence-corrected chi connectivity index (χ1v) is 6.68. The Morgan fingerprint density at radius 3 is 2.94 bits per heavy atom. The van der Waals surface area contributed by atoms with E-state index in [0.29, 0.717) is 12.3 Å². The van der Waals surface area contributed by atoms with Crippen molar-refractivity contribution in [1.82, 2.24) is 4.98 Å².